The fraction of sp³-hybridized carbons (Fsp3) is 0.143. The summed E-state index contributed by atoms with van der Waals surface area (Å²) in [6.07, 6.45) is 0.782. The maximum atomic E-state index is 9.10. The molecule has 18 heavy (non-hydrogen) atoms. The average Bonchev–Trinajstić information content (AvgIpc) is 2.46. The van der Waals surface area contributed by atoms with Crippen molar-refractivity contribution in [1.82, 2.24) is 4.98 Å². The number of rotatable bonds is 3. The van der Waals surface area contributed by atoms with Gasteiger partial charge in [0.25, 0.3) is 0 Å². The molecule has 90 valence electrons. The zero-order valence-electron chi connectivity index (χ0n) is 10.1. The molecule has 0 aliphatic carbocycles. The largest absolute Gasteiger partial charge is 0.307 e. The highest BCUT2D eigenvalue weighted by molar-refractivity contribution is 5.70. The number of hydrogen-bond acceptors (Lipinski definition) is 4. The van der Waals surface area contributed by atoms with Crippen LogP contribution in [0.15, 0.2) is 36.4 Å². The highest BCUT2D eigenvalue weighted by atomic mass is 15.2. The van der Waals surface area contributed by atoms with Gasteiger partial charge in [-0.05, 0) is 18.1 Å². The van der Waals surface area contributed by atoms with Gasteiger partial charge in [0.2, 0.25) is 0 Å². The maximum Gasteiger partial charge on any atom is 0.158 e. The van der Waals surface area contributed by atoms with Crippen LogP contribution < -0.4 is 11.3 Å². The summed E-state index contributed by atoms with van der Waals surface area (Å²) in [6, 6.07) is 13.8. The molecule has 4 heteroatoms. The lowest BCUT2D eigenvalue weighted by Gasteiger charge is -2.11. The Hall–Kier alpha value is -2.38. The van der Waals surface area contributed by atoms with Crippen molar-refractivity contribution in [3.05, 3.63) is 47.7 Å². The van der Waals surface area contributed by atoms with Crippen LogP contribution in [0.1, 0.15) is 18.2 Å². The zero-order chi connectivity index (χ0) is 13.0. The molecule has 0 amide bonds. The summed E-state index contributed by atoms with van der Waals surface area (Å²) in [6.45, 7) is 2.03. The Morgan fingerprint density at radius 3 is 2.61 bits per heavy atom. The van der Waals surface area contributed by atoms with Gasteiger partial charge in [-0.2, -0.15) is 5.26 Å². The van der Waals surface area contributed by atoms with E-state index in [1.165, 1.54) is 0 Å². The minimum atomic E-state index is 0.425. The van der Waals surface area contributed by atoms with Crippen LogP contribution in [0.4, 0.5) is 5.82 Å². The first-order valence-electron chi connectivity index (χ1n) is 5.76. The van der Waals surface area contributed by atoms with Gasteiger partial charge in [-0.1, -0.05) is 37.3 Å². The number of aryl methyl sites for hydroxylation is 1. The van der Waals surface area contributed by atoms with Gasteiger partial charge in [0.1, 0.15) is 6.07 Å². The number of nitrogen functional groups attached to an aromatic ring is 1. The predicted octanol–water partition coefficient (Wildman–Crippen LogP) is 2.47. The number of nitrogens with two attached hydrogens (primary N) is 1. The topological polar surface area (TPSA) is 74.7 Å². The molecule has 4 nitrogen and oxygen atoms in total. The van der Waals surface area contributed by atoms with Crippen LogP contribution in [0.2, 0.25) is 0 Å². The van der Waals surface area contributed by atoms with E-state index in [0.29, 0.717) is 11.4 Å². The highest BCUT2D eigenvalue weighted by Gasteiger charge is 2.11. The van der Waals surface area contributed by atoms with Crippen LogP contribution in [-0.2, 0) is 6.42 Å². The van der Waals surface area contributed by atoms with Gasteiger partial charge in [0.05, 0.1) is 11.3 Å². The van der Waals surface area contributed by atoms with Crippen LogP contribution in [0, 0.1) is 11.3 Å². The van der Waals surface area contributed by atoms with Crippen molar-refractivity contribution < 1.29 is 0 Å². The molecule has 0 saturated heterocycles. The van der Waals surface area contributed by atoms with Crippen molar-refractivity contribution in [3.63, 3.8) is 0 Å². The molecular weight excluding hydrogens is 224 g/mol. The summed E-state index contributed by atoms with van der Waals surface area (Å²) < 4.78 is 0. The smallest absolute Gasteiger partial charge is 0.158 e. The average molecular weight is 238 g/mol. The Morgan fingerprint density at radius 1 is 1.33 bits per heavy atom. The first kappa shape index (κ1) is 12.1. The standard InChI is InChI=1S/C14H14N4/c1-2-13-12(10-6-4-3-5-7-10)8-11(9-15)14(17-13)18-16/h3-8H,2,16H2,1H3,(H,17,18). The molecule has 0 aliphatic heterocycles. The number of anilines is 1. The molecule has 2 aromatic rings. The molecule has 3 N–H and O–H groups in total. The van der Waals surface area contributed by atoms with E-state index in [-0.39, 0.29) is 0 Å². The first-order valence-corrected chi connectivity index (χ1v) is 5.76. The van der Waals surface area contributed by atoms with Gasteiger partial charge in [-0.3, -0.25) is 0 Å². The van der Waals surface area contributed by atoms with E-state index in [4.69, 9.17) is 11.1 Å². The third-order valence-corrected chi connectivity index (χ3v) is 2.78. The number of pyridine rings is 1. The van der Waals surface area contributed by atoms with Gasteiger partial charge < -0.3 is 5.43 Å². The van der Waals surface area contributed by atoms with Crippen LogP contribution >= 0.6 is 0 Å². The number of hydrogen-bond donors (Lipinski definition) is 2. The molecule has 0 aliphatic rings. The zero-order valence-corrected chi connectivity index (χ0v) is 10.1. The molecule has 0 fully saturated rings. The van der Waals surface area contributed by atoms with E-state index >= 15 is 0 Å². The van der Waals surface area contributed by atoms with Crippen LogP contribution in [-0.4, -0.2) is 4.98 Å². The molecule has 1 heterocycles. The molecule has 0 radical (unpaired) electrons. The van der Waals surface area contributed by atoms with Crippen LogP contribution in [0.5, 0.6) is 0 Å². The SMILES string of the molecule is CCc1nc(NN)c(C#N)cc1-c1ccccc1. The maximum absolute atomic E-state index is 9.10. The lowest BCUT2D eigenvalue weighted by atomic mass is 10.0. The molecule has 0 bridgehead atoms. The normalized spacial score (nSPS) is 9.83. The van der Waals surface area contributed by atoms with Crippen molar-refractivity contribution in [2.45, 2.75) is 13.3 Å². The molecule has 0 saturated carbocycles. The monoisotopic (exact) mass is 238 g/mol. The van der Waals surface area contributed by atoms with E-state index in [9.17, 15) is 0 Å². The van der Waals surface area contributed by atoms with Gasteiger partial charge in [0, 0.05) is 5.56 Å². The number of benzene rings is 1. The Morgan fingerprint density at radius 2 is 2.06 bits per heavy atom. The summed E-state index contributed by atoms with van der Waals surface area (Å²) in [5.41, 5.74) is 5.88. The van der Waals surface area contributed by atoms with E-state index in [2.05, 4.69) is 16.5 Å². The van der Waals surface area contributed by atoms with Crippen LogP contribution in [0.25, 0.3) is 11.1 Å². The highest BCUT2D eigenvalue weighted by Crippen LogP contribution is 2.26. The Bertz CT molecular complexity index is 585. The Balaban J connectivity index is 2.64. The van der Waals surface area contributed by atoms with Gasteiger partial charge in [-0.15, -0.1) is 0 Å². The van der Waals surface area contributed by atoms with Crippen molar-refractivity contribution in [1.29, 1.82) is 5.26 Å². The lowest BCUT2D eigenvalue weighted by Crippen LogP contribution is -2.12. The number of aromatic nitrogens is 1. The summed E-state index contributed by atoms with van der Waals surface area (Å²) in [7, 11) is 0. The van der Waals surface area contributed by atoms with Crippen molar-refractivity contribution in [2.24, 2.45) is 5.84 Å². The third-order valence-electron chi connectivity index (χ3n) is 2.78. The lowest BCUT2D eigenvalue weighted by molar-refractivity contribution is 1.03. The van der Waals surface area contributed by atoms with Crippen molar-refractivity contribution >= 4 is 5.82 Å². The molecular formula is C14H14N4. The summed E-state index contributed by atoms with van der Waals surface area (Å²) >= 11 is 0. The number of nitriles is 1. The summed E-state index contributed by atoms with van der Waals surface area (Å²) in [4.78, 5) is 4.40. The fourth-order valence-electron chi connectivity index (χ4n) is 1.88. The van der Waals surface area contributed by atoms with E-state index < -0.39 is 0 Å². The Kier molecular flexibility index (Phi) is 3.56. The molecule has 2 rings (SSSR count). The number of nitrogens with zero attached hydrogens (tertiary/aromatic N) is 2. The van der Waals surface area contributed by atoms with Crippen molar-refractivity contribution in [2.75, 3.05) is 5.43 Å². The minimum absolute atomic E-state index is 0.425. The molecule has 0 unspecified atom stereocenters. The van der Waals surface area contributed by atoms with Gasteiger partial charge in [0.15, 0.2) is 5.82 Å². The van der Waals surface area contributed by atoms with E-state index in [1.54, 1.807) is 0 Å². The quantitative estimate of drug-likeness (QED) is 0.636. The third kappa shape index (κ3) is 2.17. The number of hydrazine groups is 1. The summed E-state index contributed by atoms with van der Waals surface area (Å²) in [5.74, 6) is 5.80. The predicted molar refractivity (Wildman–Crippen MR) is 71.6 cm³/mol. The Labute approximate surface area is 106 Å². The molecule has 1 aromatic carbocycles. The second kappa shape index (κ2) is 5.30. The molecule has 0 spiro atoms. The van der Waals surface area contributed by atoms with E-state index in [0.717, 1.165) is 23.2 Å². The van der Waals surface area contributed by atoms with E-state index in [1.807, 2.05) is 43.3 Å². The second-order valence-corrected chi connectivity index (χ2v) is 3.85. The van der Waals surface area contributed by atoms with Gasteiger partial charge in [-0.25, -0.2) is 10.8 Å². The first-order chi connectivity index (χ1) is 8.80. The minimum Gasteiger partial charge on any atom is -0.307 e. The second-order valence-electron chi connectivity index (χ2n) is 3.85. The fourth-order valence-corrected chi connectivity index (χ4v) is 1.88. The van der Waals surface area contributed by atoms with Crippen molar-refractivity contribution in [3.8, 4) is 17.2 Å². The molecule has 1 aromatic heterocycles. The molecule has 0 atom stereocenters. The summed E-state index contributed by atoms with van der Waals surface area (Å²) in [5, 5.41) is 9.10. The number of nitrogens with one attached hydrogen (secondary N) is 1. The van der Waals surface area contributed by atoms with Gasteiger partial charge >= 0.3 is 0 Å². The van der Waals surface area contributed by atoms with Crippen LogP contribution in [0.3, 0.4) is 0 Å².